The summed E-state index contributed by atoms with van der Waals surface area (Å²) in [7, 11) is 0. The van der Waals surface area contributed by atoms with Crippen LogP contribution in [0.5, 0.6) is 0 Å². The van der Waals surface area contributed by atoms with Crippen molar-refractivity contribution in [2.75, 3.05) is 6.54 Å². The fourth-order valence-electron chi connectivity index (χ4n) is 3.15. The molecule has 0 spiro atoms. The van der Waals surface area contributed by atoms with Gasteiger partial charge in [0.05, 0.1) is 12.6 Å². The molecule has 2 aromatic carbocycles. The maximum atomic E-state index is 12.5. The number of rotatable bonds is 7. The van der Waals surface area contributed by atoms with E-state index in [2.05, 4.69) is 12.2 Å². The number of hydrogen-bond donors (Lipinski definition) is 1. The summed E-state index contributed by atoms with van der Waals surface area (Å²) in [6.45, 7) is 3.38. The lowest BCUT2D eigenvalue weighted by atomic mass is 10.1. The lowest BCUT2D eigenvalue weighted by Crippen LogP contribution is -2.42. The quantitative estimate of drug-likeness (QED) is 0.578. The molecule has 0 aromatic heterocycles. The first-order valence-corrected chi connectivity index (χ1v) is 9.50. The molecule has 5 amide bonds. The highest BCUT2D eigenvalue weighted by Crippen LogP contribution is 2.17. The lowest BCUT2D eigenvalue weighted by molar-refractivity contribution is -0.144. The summed E-state index contributed by atoms with van der Waals surface area (Å²) in [6, 6.07) is 15.7. The average molecular weight is 393 g/mol. The molecule has 7 nitrogen and oxygen atoms in total. The Hall–Kier alpha value is -3.48. The molecule has 0 aliphatic carbocycles. The van der Waals surface area contributed by atoms with Crippen LogP contribution in [0.25, 0.3) is 0 Å². The molecule has 0 radical (unpaired) electrons. The van der Waals surface area contributed by atoms with Crippen molar-refractivity contribution in [1.29, 1.82) is 0 Å². The van der Waals surface area contributed by atoms with E-state index in [9.17, 15) is 19.2 Å². The van der Waals surface area contributed by atoms with Crippen LogP contribution >= 0.6 is 0 Å². The lowest BCUT2D eigenvalue weighted by Gasteiger charge is -2.18. The first kappa shape index (κ1) is 20.3. The van der Waals surface area contributed by atoms with E-state index < -0.39 is 30.3 Å². The van der Waals surface area contributed by atoms with Gasteiger partial charge in [0.15, 0.2) is 0 Å². The minimum atomic E-state index is -0.985. The highest BCUT2D eigenvalue weighted by Gasteiger charge is 2.45. The smallest absolute Gasteiger partial charge is 0.335 e. The van der Waals surface area contributed by atoms with Crippen LogP contribution in [-0.4, -0.2) is 40.1 Å². The molecule has 1 heterocycles. The first-order valence-electron chi connectivity index (χ1n) is 9.50. The van der Waals surface area contributed by atoms with Gasteiger partial charge in [0.1, 0.15) is 6.54 Å². The second kappa shape index (κ2) is 8.68. The number of urea groups is 1. The van der Waals surface area contributed by atoms with E-state index >= 15 is 0 Å². The van der Waals surface area contributed by atoms with Gasteiger partial charge in [-0.25, -0.2) is 9.69 Å². The summed E-state index contributed by atoms with van der Waals surface area (Å²) in [5, 5.41) is 2.77. The fraction of sp³-hybridized carbons (Fsp3) is 0.273. The van der Waals surface area contributed by atoms with E-state index in [0.29, 0.717) is 4.90 Å². The van der Waals surface area contributed by atoms with E-state index in [-0.39, 0.29) is 12.6 Å². The molecule has 1 aliphatic heterocycles. The summed E-state index contributed by atoms with van der Waals surface area (Å²) < 4.78 is 0. The van der Waals surface area contributed by atoms with E-state index in [1.807, 2.05) is 37.3 Å². The van der Waals surface area contributed by atoms with Crippen molar-refractivity contribution in [2.24, 2.45) is 0 Å². The fourth-order valence-corrected chi connectivity index (χ4v) is 3.15. The van der Waals surface area contributed by atoms with E-state index in [4.69, 9.17) is 0 Å². The Morgan fingerprint density at radius 1 is 0.897 bits per heavy atom. The molecule has 3 rings (SSSR count). The number of aryl methyl sites for hydroxylation is 1. The topological polar surface area (TPSA) is 86.8 Å². The molecule has 1 atom stereocenters. The molecule has 150 valence electrons. The molecule has 29 heavy (non-hydrogen) atoms. The Labute approximate surface area is 169 Å². The van der Waals surface area contributed by atoms with Crippen molar-refractivity contribution in [3.05, 3.63) is 71.3 Å². The van der Waals surface area contributed by atoms with Crippen LogP contribution in [0, 0.1) is 0 Å². The van der Waals surface area contributed by atoms with Gasteiger partial charge in [0, 0.05) is 0 Å². The van der Waals surface area contributed by atoms with Gasteiger partial charge < -0.3 is 5.32 Å². The van der Waals surface area contributed by atoms with Gasteiger partial charge in [0.2, 0.25) is 5.91 Å². The average Bonchev–Trinajstić information content (AvgIpc) is 2.92. The normalized spacial score (nSPS) is 15.0. The second-order valence-electron chi connectivity index (χ2n) is 6.94. The standard InChI is InChI=1S/C22H23N3O4/c1-3-16-9-11-18(12-10-16)15(2)23-19(26)14-25-21(28)20(27)24(22(25)29)13-17-7-5-4-6-8-17/h4-12,15H,3,13-14H2,1-2H3,(H,23,26)/t15-/m1/s1. The molecule has 1 N–H and O–H groups in total. The molecule has 0 unspecified atom stereocenters. The number of amides is 5. The highest BCUT2D eigenvalue weighted by atomic mass is 16.2. The Bertz CT molecular complexity index is 925. The molecular weight excluding hydrogens is 370 g/mol. The van der Waals surface area contributed by atoms with Crippen LogP contribution in [0.4, 0.5) is 4.79 Å². The molecule has 0 bridgehead atoms. The minimum absolute atomic E-state index is 0.0114. The van der Waals surface area contributed by atoms with Gasteiger partial charge >= 0.3 is 17.8 Å². The number of benzene rings is 2. The van der Waals surface area contributed by atoms with Gasteiger partial charge in [-0.05, 0) is 30.0 Å². The Morgan fingerprint density at radius 2 is 1.52 bits per heavy atom. The van der Waals surface area contributed by atoms with E-state index in [0.717, 1.165) is 22.4 Å². The highest BCUT2D eigenvalue weighted by molar-refractivity contribution is 6.44. The number of carbonyl (C=O) groups is 4. The van der Waals surface area contributed by atoms with Crippen LogP contribution in [0.1, 0.15) is 36.6 Å². The molecule has 1 saturated heterocycles. The Balaban J connectivity index is 1.62. The van der Waals surface area contributed by atoms with Crippen LogP contribution in [0.3, 0.4) is 0 Å². The number of carbonyl (C=O) groups excluding carboxylic acids is 4. The molecule has 2 aromatic rings. The number of nitrogens with one attached hydrogen (secondary N) is 1. The van der Waals surface area contributed by atoms with Gasteiger partial charge in [-0.3, -0.25) is 19.3 Å². The van der Waals surface area contributed by atoms with Crippen LogP contribution in [-0.2, 0) is 27.3 Å². The monoisotopic (exact) mass is 393 g/mol. The molecule has 7 heteroatoms. The predicted octanol–water partition coefficient (Wildman–Crippen LogP) is 2.42. The summed E-state index contributed by atoms with van der Waals surface area (Å²) >= 11 is 0. The van der Waals surface area contributed by atoms with Crippen LogP contribution in [0.15, 0.2) is 54.6 Å². The third kappa shape index (κ3) is 4.51. The van der Waals surface area contributed by atoms with Gasteiger partial charge in [-0.15, -0.1) is 0 Å². The Kier molecular flexibility index (Phi) is 6.07. The van der Waals surface area contributed by atoms with Crippen molar-refractivity contribution < 1.29 is 19.2 Å². The van der Waals surface area contributed by atoms with Gasteiger partial charge in [-0.1, -0.05) is 61.5 Å². The summed E-state index contributed by atoms with van der Waals surface area (Å²) in [6.07, 6.45) is 0.924. The number of nitrogens with zero attached hydrogens (tertiary/aromatic N) is 2. The first-order chi connectivity index (χ1) is 13.9. The zero-order chi connectivity index (χ0) is 21.0. The molecule has 1 aliphatic rings. The van der Waals surface area contributed by atoms with Crippen LogP contribution in [0.2, 0.25) is 0 Å². The molecule has 0 saturated carbocycles. The van der Waals surface area contributed by atoms with Crippen molar-refractivity contribution in [2.45, 2.75) is 32.9 Å². The third-order valence-electron chi connectivity index (χ3n) is 4.89. The van der Waals surface area contributed by atoms with E-state index in [1.165, 1.54) is 5.56 Å². The molecule has 1 fully saturated rings. The number of imide groups is 2. The largest absolute Gasteiger partial charge is 0.348 e. The summed E-state index contributed by atoms with van der Waals surface area (Å²) in [5.41, 5.74) is 2.83. The summed E-state index contributed by atoms with van der Waals surface area (Å²) in [5.74, 6) is -2.41. The summed E-state index contributed by atoms with van der Waals surface area (Å²) in [4.78, 5) is 50.9. The van der Waals surface area contributed by atoms with Crippen molar-refractivity contribution >= 4 is 23.8 Å². The zero-order valence-electron chi connectivity index (χ0n) is 16.4. The predicted molar refractivity (Wildman–Crippen MR) is 106 cm³/mol. The van der Waals surface area contributed by atoms with E-state index in [1.54, 1.807) is 24.3 Å². The van der Waals surface area contributed by atoms with Crippen molar-refractivity contribution in [3.8, 4) is 0 Å². The van der Waals surface area contributed by atoms with Crippen LogP contribution < -0.4 is 5.32 Å². The van der Waals surface area contributed by atoms with Crippen molar-refractivity contribution in [3.63, 3.8) is 0 Å². The zero-order valence-corrected chi connectivity index (χ0v) is 16.4. The SMILES string of the molecule is CCc1ccc([C@@H](C)NC(=O)CN2C(=O)C(=O)N(Cc3ccccc3)C2=O)cc1. The van der Waals surface area contributed by atoms with Crippen molar-refractivity contribution in [1.82, 2.24) is 15.1 Å². The second-order valence-corrected chi connectivity index (χ2v) is 6.94. The van der Waals surface area contributed by atoms with Gasteiger partial charge in [-0.2, -0.15) is 0 Å². The number of hydrogen-bond acceptors (Lipinski definition) is 4. The maximum Gasteiger partial charge on any atom is 0.335 e. The maximum absolute atomic E-state index is 12.5. The minimum Gasteiger partial charge on any atom is -0.348 e. The third-order valence-corrected chi connectivity index (χ3v) is 4.89. The molecular formula is C22H23N3O4. The Morgan fingerprint density at radius 3 is 2.14 bits per heavy atom. The van der Waals surface area contributed by atoms with Gasteiger partial charge in [0.25, 0.3) is 0 Å².